The lowest BCUT2D eigenvalue weighted by Crippen LogP contribution is -2.29. The molecular formula is C17H15BN4O. The van der Waals surface area contributed by atoms with Crippen molar-refractivity contribution in [1.29, 1.82) is 5.26 Å². The number of hydrogen-bond donors (Lipinski definition) is 1. The van der Waals surface area contributed by atoms with Crippen molar-refractivity contribution in [2.24, 2.45) is 7.05 Å². The van der Waals surface area contributed by atoms with Gasteiger partial charge in [-0.2, -0.15) is 0 Å². The van der Waals surface area contributed by atoms with Gasteiger partial charge in [0.25, 0.3) is 6.71 Å². The van der Waals surface area contributed by atoms with Gasteiger partial charge in [-0.15, -0.1) is 10.2 Å². The maximum absolute atomic E-state index is 10.00. The molecule has 0 atom stereocenters. The van der Waals surface area contributed by atoms with Crippen LogP contribution in [0.3, 0.4) is 0 Å². The minimum atomic E-state index is 0.181. The van der Waals surface area contributed by atoms with Crippen LogP contribution in [-0.4, -0.2) is 26.6 Å². The van der Waals surface area contributed by atoms with Crippen LogP contribution in [0.15, 0.2) is 36.4 Å². The zero-order valence-electron chi connectivity index (χ0n) is 12.8. The van der Waals surface area contributed by atoms with Crippen LogP contribution in [0.4, 0.5) is 0 Å². The molecule has 1 aromatic carbocycles. The summed E-state index contributed by atoms with van der Waals surface area (Å²) in [6.45, 7) is 0.181. The fourth-order valence-electron chi connectivity index (χ4n) is 3.32. The summed E-state index contributed by atoms with van der Waals surface area (Å²) in [4.78, 5) is 0. The molecule has 0 unspecified atom stereocenters. The molecule has 1 saturated heterocycles. The van der Waals surface area contributed by atoms with E-state index in [4.69, 9.17) is 5.26 Å². The number of phenolic OH excluding ortho intramolecular Hbond substituents is 1. The number of rotatable bonds is 2. The van der Waals surface area contributed by atoms with Crippen molar-refractivity contribution in [3.63, 3.8) is 0 Å². The van der Waals surface area contributed by atoms with Crippen LogP contribution in [0.1, 0.15) is 11.6 Å². The number of para-hydroxylation sites is 1. The fraction of sp³-hybridized carbons (Fsp3) is 0.235. The lowest BCUT2D eigenvalue weighted by molar-refractivity contribution is 0.477. The molecule has 0 aliphatic carbocycles. The van der Waals surface area contributed by atoms with E-state index in [0.717, 1.165) is 23.7 Å². The first-order chi connectivity index (χ1) is 11.2. The summed E-state index contributed by atoms with van der Waals surface area (Å²) >= 11 is 0. The number of nitrogens with zero attached hydrogens (tertiary/aromatic N) is 4. The van der Waals surface area contributed by atoms with Crippen LogP contribution in [0.2, 0.25) is 12.6 Å². The summed E-state index contributed by atoms with van der Waals surface area (Å²) in [5.41, 5.74) is 4.38. The lowest BCUT2D eigenvalue weighted by atomic mass is 9.32. The van der Waals surface area contributed by atoms with Crippen molar-refractivity contribution in [3.8, 4) is 23.0 Å². The average molecular weight is 302 g/mol. The molecule has 112 valence electrons. The van der Waals surface area contributed by atoms with Crippen molar-refractivity contribution in [2.45, 2.75) is 18.6 Å². The van der Waals surface area contributed by atoms with Crippen molar-refractivity contribution >= 4 is 17.7 Å². The van der Waals surface area contributed by atoms with Crippen molar-refractivity contribution in [1.82, 2.24) is 14.8 Å². The highest BCUT2D eigenvalue weighted by Crippen LogP contribution is 2.39. The number of hydrogen-bond acceptors (Lipinski definition) is 4. The summed E-state index contributed by atoms with van der Waals surface area (Å²) in [5, 5.41) is 27.5. The molecule has 0 radical (unpaired) electrons. The smallest absolute Gasteiger partial charge is 0.269 e. The number of aromatic hydroxyl groups is 1. The van der Waals surface area contributed by atoms with E-state index in [2.05, 4.69) is 26.8 Å². The Hall–Kier alpha value is -2.81. The van der Waals surface area contributed by atoms with E-state index >= 15 is 0 Å². The van der Waals surface area contributed by atoms with Gasteiger partial charge in [-0.3, -0.25) is 0 Å². The molecule has 1 aliphatic heterocycles. The summed E-state index contributed by atoms with van der Waals surface area (Å²) in [6, 6.07) is 11.2. The summed E-state index contributed by atoms with van der Waals surface area (Å²) in [5.74, 6) is 2.95. The SMILES string of the molecule is Cn1c(C2CB(C#N)C2)cc2nnc(-c3ccccc3O)cc21. The third kappa shape index (κ3) is 2.17. The number of aromatic nitrogens is 3. The molecule has 2 aromatic heterocycles. The zero-order chi connectivity index (χ0) is 16.0. The van der Waals surface area contributed by atoms with Crippen molar-refractivity contribution < 1.29 is 5.11 Å². The molecule has 1 fully saturated rings. The Morgan fingerprint density at radius 2 is 2.04 bits per heavy atom. The third-order valence-electron chi connectivity index (χ3n) is 4.75. The monoisotopic (exact) mass is 302 g/mol. The molecule has 6 heteroatoms. The van der Waals surface area contributed by atoms with Crippen molar-refractivity contribution in [3.05, 3.63) is 42.1 Å². The van der Waals surface area contributed by atoms with Crippen LogP contribution >= 0.6 is 0 Å². The Kier molecular flexibility index (Phi) is 3.08. The highest BCUT2D eigenvalue weighted by molar-refractivity contribution is 6.70. The third-order valence-corrected chi connectivity index (χ3v) is 4.75. The predicted octanol–water partition coefficient (Wildman–Crippen LogP) is 3.00. The van der Waals surface area contributed by atoms with E-state index in [0.29, 0.717) is 17.2 Å². The van der Waals surface area contributed by atoms with E-state index < -0.39 is 0 Å². The molecule has 0 bridgehead atoms. The Labute approximate surface area is 134 Å². The van der Waals surface area contributed by atoms with Gasteiger partial charge < -0.3 is 9.67 Å². The maximum atomic E-state index is 10.00. The molecular weight excluding hydrogens is 287 g/mol. The van der Waals surface area contributed by atoms with Gasteiger partial charge in [0, 0.05) is 24.3 Å². The zero-order valence-corrected chi connectivity index (χ0v) is 12.8. The highest BCUT2D eigenvalue weighted by Gasteiger charge is 2.35. The van der Waals surface area contributed by atoms with Crippen molar-refractivity contribution in [2.75, 3.05) is 0 Å². The quantitative estimate of drug-likeness (QED) is 0.738. The second-order valence-electron chi connectivity index (χ2n) is 6.14. The molecule has 5 nitrogen and oxygen atoms in total. The van der Waals surface area contributed by atoms with Crippen LogP contribution < -0.4 is 0 Å². The second kappa shape index (κ2) is 5.13. The van der Waals surface area contributed by atoms with Crippen LogP contribution in [0, 0.1) is 11.2 Å². The molecule has 0 spiro atoms. The van der Waals surface area contributed by atoms with E-state index in [1.807, 2.05) is 25.2 Å². The molecule has 3 aromatic rings. The molecule has 3 heterocycles. The number of fused-ring (bicyclic) bond motifs is 1. The number of benzene rings is 1. The molecule has 0 saturated carbocycles. The van der Waals surface area contributed by atoms with Gasteiger partial charge >= 0.3 is 0 Å². The number of aryl methyl sites for hydroxylation is 1. The number of nitriles is 1. The average Bonchev–Trinajstić information content (AvgIpc) is 2.84. The molecule has 0 amide bonds. The summed E-state index contributed by atoms with van der Waals surface area (Å²) < 4.78 is 2.13. The van der Waals surface area contributed by atoms with Gasteiger partial charge in [-0.1, -0.05) is 24.8 Å². The Morgan fingerprint density at radius 3 is 2.78 bits per heavy atom. The van der Waals surface area contributed by atoms with Gasteiger partial charge in [0.1, 0.15) is 11.3 Å². The highest BCUT2D eigenvalue weighted by atomic mass is 16.3. The van der Waals surface area contributed by atoms with E-state index in [9.17, 15) is 5.11 Å². The minimum Gasteiger partial charge on any atom is -0.507 e. The van der Waals surface area contributed by atoms with Crippen LogP contribution in [0.5, 0.6) is 5.75 Å². The van der Waals surface area contributed by atoms with Crippen LogP contribution in [-0.2, 0) is 7.05 Å². The second-order valence-corrected chi connectivity index (χ2v) is 6.14. The molecule has 23 heavy (non-hydrogen) atoms. The fourth-order valence-corrected chi connectivity index (χ4v) is 3.32. The lowest BCUT2D eigenvalue weighted by Gasteiger charge is -2.28. The first-order valence-electron chi connectivity index (χ1n) is 7.68. The summed E-state index contributed by atoms with van der Waals surface area (Å²) in [7, 11) is 2.02. The largest absolute Gasteiger partial charge is 0.507 e. The standard InChI is InChI=1S/C17H15BN4O/c1-22-15(11-8-18(9-11)10-19)7-14-16(22)6-13(20-21-14)12-4-2-3-5-17(12)23/h2-7,11,23H,8-9H2,1H3. The Bertz CT molecular complexity index is 937. The van der Waals surface area contributed by atoms with Crippen LogP contribution in [0.25, 0.3) is 22.3 Å². The molecule has 4 rings (SSSR count). The first kappa shape index (κ1) is 13.8. The first-order valence-corrected chi connectivity index (χ1v) is 7.68. The number of phenols is 1. The normalized spacial score (nSPS) is 14.7. The van der Waals surface area contributed by atoms with E-state index in [-0.39, 0.29) is 12.5 Å². The maximum Gasteiger partial charge on any atom is 0.269 e. The van der Waals surface area contributed by atoms with Gasteiger partial charge in [0.2, 0.25) is 0 Å². The van der Waals surface area contributed by atoms with E-state index in [1.165, 1.54) is 5.69 Å². The minimum absolute atomic E-state index is 0.181. The van der Waals surface area contributed by atoms with Gasteiger partial charge in [-0.25, -0.2) is 5.26 Å². The predicted molar refractivity (Wildman–Crippen MR) is 89.3 cm³/mol. The van der Waals surface area contributed by atoms with Gasteiger partial charge in [-0.05, 0) is 30.2 Å². The van der Waals surface area contributed by atoms with Gasteiger partial charge in [0.15, 0.2) is 0 Å². The Balaban J connectivity index is 1.77. The molecule has 1 aliphatic rings. The summed E-state index contributed by atoms with van der Waals surface area (Å²) in [6.07, 6.45) is 1.83. The topological polar surface area (TPSA) is 74.7 Å². The van der Waals surface area contributed by atoms with E-state index in [1.54, 1.807) is 12.1 Å². The molecule has 1 N–H and O–H groups in total. The Morgan fingerprint density at radius 1 is 1.26 bits per heavy atom. The van der Waals surface area contributed by atoms with Gasteiger partial charge in [0.05, 0.1) is 11.2 Å².